The van der Waals surface area contributed by atoms with Crippen molar-refractivity contribution in [1.82, 2.24) is 0 Å². The molecule has 0 saturated heterocycles. The van der Waals surface area contributed by atoms with Crippen LogP contribution in [0.4, 0.5) is 0 Å². The molecule has 1 fully saturated rings. The highest BCUT2D eigenvalue weighted by molar-refractivity contribution is 5.92. The van der Waals surface area contributed by atoms with Gasteiger partial charge in [-0.15, -0.1) is 0 Å². The average Bonchev–Trinajstić information content (AvgIpc) is 2.53. The van der Waals surface area contributed by atoms with E-state index in [1.807, 2.05) is 0 Å². The first-order chi connectivity index (χ1) is 11.7. The molecular formula is C19H28O6. The molecule has 140 valence electrons. The first-order valence-corrected chi connectivity index (χ1v) is 8.41. The SMILES string of the molecule is CC1CC(OC(=O)c2ccccc2O)CC(C)(C)C1.O=C(CO)CO. The molecule has 1 aromatic carbocycles. The van der Waals surface area contributed by atoms with Crippen LogP contribution in [0.1, 0.15) is 50.4 Å². The van der Waals surface area contributed by atoms with Crippen LogP contribution in [0.5, 0.6) is 5.75 Å². The first kappa shape index (κ1) is 21.1. The molecule has 0 aliphatic heterocycles. The Balaban J connectivity index is 0.000000450. The molecule has 1 saturated carbocycles. The zero-order valence-corrected chi connectivity index (χ0v) is 15.1. The third-order valence-electron chi connectivity index (χ3n) is 4.10. The van der Waals surface area contributed by atoms with E-state index in [9.17, 15) is 14.7 Å². The molecule has 2 atom stereocenters. The van der Waals surface area contributed by atoms with Gasteiger partial charge in [-0.2, -0.15) is 0 Å². The van der Waals surface area contributed by atoms with Gasteiger partial charge in [0.25, 0.3) is 0 Å². The van der Waals surface area contributed by atoms with Gasteiger partial charge in [0.2, 0.25) is 0 Å². The molecule has 0 bridgehead atoms. The minimum absolute atomic E-state index is 0.0179. The third-order valence-corrected chi connectivity index (χ3v) is 4.10. The summed E-state index contributed by atoms with van der Waals surface area (Å²) < 4.78 is 5.57. The summed E-state index contributed by atoms with van der Waals surface area (Å²) in [4.78, 5) is 21.7. The summed E-state index contributed by atoms with van der Waals surface area (Å²) in [6.07, 6.45) is 2.91. The number of aromatic hydroxyl groups is 1. The number of para-hydroxylation sites is 1. The van der Waals surface area contributed by atoms with Crippen molar-refractivity contribution >= 4 is 11.8 Å². The van der Waals surface area contributed by atoms with Crippen molar-refractivity contribution in [2.24, 2.45) is 11.3 Å². The number of benzene rings is 1. The van der Waals surface area contributed by atoms with E-state index >= 15 is 0 Å². The molecule has 2 rings (SSSR count). The highest BCUT2D eigenvalue weighted by Crippen LogP contribution is 2.40. The maximum absolute atomic E-state index is 12.1. The van der Waals surface area contributed by atoms with Gasteiger partial charge >= 0.3 is 5.97 Å². The Morgan fingerprint density at radius 1 is 1.16 bits per heavy atom. The van der Waals surface area contributed by atoms with E-state index in [-0.39, 0.29) is 22.8 Å². The van der Waals surface area contributed by atoms with Gasteiger partial charge in [-0.3, -0.25) is 4.79 Å². The zero-order chi connectivity index (χ0) is 19.0. The van der Waals surface area contributed by atoms with Crippen LogP contribution in [-0.2, 0) is 9.53 Å². The summed E-state index contributed by atoms with van der Waals surface area (Å²) >= 11 is 0. The largest absolute Gasteiger partial charge is 0.507 e. The number of hydrogen-bond donors (Lipinski definition) is 3. The van der Waals surface area contributed by atoms with Crippen molar-refractivity contribution in [2.75, 3.05) is 13.2 Å². The molecule has 1 aromatic rings. The highest BCUT2D eigenvalue weighted by Gasteiger charge is 2.34. The summed E-state index contributed by atoms with van der Waals surface area (Å²) in [6, 6.07) is 6.51. The quantitative estimate of drug-likeness (QED) is 0.718. The second-order valence-electron chi connectivity index (χ2n) is 7.31. The van der Waals surface area contributed by atoms with Crippen molar-refractivity contribution in [3.05, 3.63) is 29.8 Å². The van der Waals surface area contributed by atoms with Crippen molar-refractivity contribution in [1.29, 1.82) is 0 Å². The van der Waals surface area contributed by atoms with E-state index in [1.165, 1.54) is 6.07 Å². The topological polar surface area (TPSA) is 104 Å². The van der Waals surface area contributed by atoms with Crippen LogP contribution in [0, 0.1) is 11.3 Å². The van der Waals surface area contributed by atoms with Crippen molar-refractivity contribution in [3.63, 3.8) is 0 Å². The maximum atomic E-state index is 12.1. The molecule has 25 heavy (non-hydrogen) atoms. The number of ether oxygens (including phenoxy) is 1. The monoisotopic (exact) mass is 352 g/mol. The lowest BCUT2D eigenvalue weighted by Gasteiger charge is -2.38. The smallest absolute Gasteiger partial charge is 0.342 e. The normalized spacial score (nSPS) is 21.6. The molecule has 1 aliphatic carbocycles. The molecular weight excluding hydrogens is 324 g/mol. The molecule has 0 spiro atoms. The molecule has 1 aliphatic rings. The van der Waals surface area contributed by atoms with E-state index in [1.54, 1.807) is 18.2 Å². The van der Waals surface area contributed by atoms with Crippen LogP contribution >= 0.6 is 0 Å². The summed E-state index contributed by atoms with van der Waals surface area (Å²) in [5.74, 6) is -0.426. The fraction of sp³-hybridized carbons (Fsp3) is 0.579. The fourth-order valence-corrected chi connectivity index (χ4v) is 3.26. The van der Waals surface area contributed by atoms with Gasteiger partial charge in [0.1, 0.15) is 30.6 Å². The zero-order valence-electron chi connectivity index (χ0n) is 15.1. The van der Waals surface area contributed by atoms with Crippen LogP contribution in [0.2, 0.25) is 0 Å². The Kier molecular flexibility index (Phi) is 8.06. The molecule has 0 aromatic heterocycles. The van der Waals surface area contributed by atoms with Crippen LogP contribution < -0.4 is 0 Å². The Hall–Kier alpha value is -1.92. The maximum Gasteiger partial charge on any atom is 0.342 e. The number of hydrogen-bond acceptors (Lipinski definition) is 6. The summed E-state index contributed by atoms with van der Waals surface area (Å²) in [6.45, 7) is 5.50. The summed E-state index contributed by atoms with van der Waals surface area (Å²) in [7, 11) is 0. The van der Waals surface area contributed by atoms with E-state index in [0.29, 0.717) is 5.92 Å². The van der Waals surface area contributed by atoms with Gasteiger partial charge in [-0.1, -0.05) is 32.9 Å². The number of phenolic OH excluding ortho intramolecular Hbond substituents is 1. The first-order valence-electron chi connectivity index (χ1n) is 8.41. The van der Waals surface area contributed by atoms with Gasteiger partial charge < -0.3 is 20.1 Å². The predicted octanol–water partition coefficient (Wildman–Crippen LogP) is 2.30. The Morgan fingerprint density at radius 2 is 1.76 bits per heavy atom. The number of rotatable bonds is 4. The van der Waals surface area contributed by atoms with Gasteiger partial charge in [0, 0.05) is 0 Å². The van der Waals surface area contributed by atoms with Crippen molar-refractivity contribution in [2.45, 2.75) is 46.1 Å². The van der Waals surface area contributed by atoms with Gasteiger partial charge in [-0.05, 0) is 42.7 Å². The van der Waals surface area contributed by atoms with E-state index < -0.39 is 25.0 Å². The van der Waals surface area contributed by atoms with E-state index in [0.717, 1.165) is 19.3 Å². The van der Waals surface area contributed by atoms with Crippen molar-refractivity contribution in [3.8, 4) is 5.75 Å². The highest BCUT2D eigenvalue weighted by atomic mass is 16.5. The molecule has 2 unspecified atom stereocenters. The lowest BCUT2D eigenvalue weighted by atomic mass is 9.71. The molecule has 0 amide bonds. The average molecular weight is 352 g/mol. The molecule has 3 N–H and O–H groups in total. The third kappa shape index (κ3) is 7.23. The number of esters is 1. The van der Waals surface area contributed by atoms with Crippen LogP contribution in [0.15, 0.2) is 24.3 Å². The van der Waals surface area contributed by atoms with E-state index in [2.05, 4.69) is 20.8 Å². The van der Waals surface area contributed by atoms with Crippen molar-refractivity contribution < 1.29 is 29.6 Å². The Labute approximate surface area is 148 Å². The molecule has 0 heterocycles. The van der Waals surface area contributed by atoms with Gasteiger partial charge in [0.15, 0.2) is 5.78 Å². The predicted molar refractivity (Wildman–Crippen MR) is 93.3 cm³/mol. The van der Waals surface area contributed by atoms with Crippen LogP contribution in [0.3, 0.4) is 0 Å². The molecule has 0 radical (unpaired) electrons. The number of Topliss-reactive ketones (excluding diaryl/α,β-unsaturated/α-hetero) is 1. The van der Waals surface area contributed by atoms with E-state index in [4.69, 9.17) is 14.9 Å². The standard InChI is InChI=1S/C16H22O3.C3H6O3/c1-11-8-12(10-16(2,3)9-11)19-15(18)13-6-4-5-7-14(13)17;4-1-3(6)2-5/h4-7,11-12,17H,8-10H2,1-3H3;4-5H,1-2H2. The van der Waals surface area contributed by atoms with Gasteiger partial charge in [-0.25, -0.2) is 4.79 Å². The molecule has 6 heteroatoms. The number of carbonyl (C=O) groups excluding carboxylic acids is 2. The number of aliphatic hydroxyl groups is 2. The number of aliphatic hydroxyl groups excluding tert-OH is 2. The van der Waals surface area contributed by atoms with Crippen LogP contribution in [-0.4, -0.2) is 46.4 Å². The number of carbonyl (C=O) groups is 2. The molecule has 6 nitrogen and oxygen atoms in total. The van der Waals surface area contributed by atoms with Gasteiger partial charge in [0.05, 0.1) is 0 Å². The van der Waals surface area contributed by atoms with Crippen LogP contribution in [0.25, 0.3) is 0 Å². The number of ketones is 1. The lowest BCUT2D eigenvalue weighted by molar-refractivity contribution is -0.124. The second-order valence-corrected chi connectivity index (χ2v) is 7.31. The Bertz CT molecular complexity index is 575. The minimum Gasteiger partial charge on any atom is -0.507 e. The second kappa shape index (κ2) is 9.53. The fourth-order valence-electron chi connectivity index (χ4n) is 3.26. The summed E-state index contributed by atoms with van der Waals surface area (Å²) in [5, 5.41) is 25.3. The minimum atomic E-state index is -0.559. The lowest BCUT2D eigenvalue weighted by Crippen LogP contribution is -2.34. The Morgan fingerprint density at radius 3 is 2.24 bits per heavy atom. The summed E-state index contributed by atoms with van der Waals surface area (Å²) in [5.41, 5.74) is 0.458. The number of phenols is 1.